The van der Waals surface area contributed by atoms with Gasteiger partial charge in [-0.3, -0.25) is 19.7 Å². The van der Waals surface area contributed by atoms with Gasteiger partial charge in [0.15, 0.2) is 0 Å². The quantitative estimate of drug-likeness (QED) is 0.364. The molecule has 2 amide bonds. The van der Waals surface area contributed by atoms with Crippen LogP contribution in [-0.4, -0.2) is 50.1 Å². The lowest BCUT2D eigenvalue weighted by Gasteiger charge is -2.22. The predicted molar refractivity (Wildman–Crippen MR) is 118 cm³/mol. The Morgan fingerprint density at radius 1 is 1.16 bits per heavy atom. The molecular weight excluding hydrogens is 424 g/mol. The van der Waals surface area contributed by atoms with E-state index in [2.05, 4.69) is 15.5 Å². The molecule has 1 fully saturated rings. The summed E-state index contributed by atoms with van der Waals surface area (Å²) in [6, 6.07) is 8.95. The van der Waals surface area contributed by atoms with Crippen LogP contribution in [0.25, 0.3) is 0 Å². The number of carbonyl (C=O) groups excluding carboxylic acids is 2. The average Bonchev–Trinajstić information content (AvgIpc) is 3.28. The van der Waals surface area contributed by atoms with Gasteiger partial charge in [-0.15, -0.1) is 0 Å². The zero-order valence-electron chi connectivity index (χ0n) is 17.0. The summed E-state index contributed by atoms with van der Waals surface area (Å²) < 4.78 is 4.98. The fraction of sp³-hybridized carbons (Fsp3) is 0.333. The number of benzene rings is 2. The molecule has 2 aromatic carbocycles. The SMILES string of the molecule is COCCNC(=O)c1cc(NC(=O)c2ccc(Cl)c([N+](=O)[O-])c2)ccc1N1CCCC1. The van der Waals surface area contributed by atoms with Crippen molar-refractivity contribution >= 4 is 40.5 Å². The number of anilines is 2. The number of hydrogen-bond acceptors (Lipinski definition) is 6. The van der Waals surface area contributed by atoms with Gasteiger partial charge < -0.3 is 20.3 Å². The average molecular weight is 447 g/mol. The Kier molecular flexibility index (Phi) is 7.43. The Labute approximate surface area is 184 Å². The van der Waals surface area contributed by atoms with E-state index in [1.165, 1.54) is 12.1 Å². The fourth-order valence-corrected chi connectivity index (χ4v) is 3.57. The highest BCUT2D eigenvalue weighted by atomic mass is 35.5. The van der Waals surface area contributed by atoms with Crippen molar-refractivity contribution in [3.05, 3.63) is 62.7 Å². The maximum absolute atomic E-state index is 12.8. The van der Waals surface area contributed by atoms with E-state index in [0.29, 0.717) is 24.4 Å². The topological polar surface area (TPSA) is 114 Å². The van der Waals surface area contributed by atoms with Crippen LogP contribution < -0.4 is 15.5 Å². The molecule has 0 radical (unpaired) electrons. The van der Waals surface area contributed by atoms with Gasteiger partial charge in [0.25, 0.3) is 17.5 Å². The third-order valence-corrected chi connectivity index (χ3v) is 5.26. The molecule has 0 spiro atoms. The van der Waals surface area contributed by atoms with Crippen LogP contribution in [0.1, 0.15) is 33.6 Å². The standard InChI is InChI=1S/C21H23ClN4O5/c1-31-11-8-23-21(28)16-13-15(5-7-18(16)25-9-2-3-10-25)24-20(27)14-4-6-17(22)19(12-14)26(29)30/h4-7,12-13H,2-3,8-11H2,1H3,(H,23,28)(H,24,27). The first-order valence-electron chi connectivity index (χ1n) is 9.82. The summed E-state index contributed by atoms with van der Waals surface area (Å²) >= 11 is 5.81. The van der Waals surface area contributed by atoms with E-state index in [1.807, 2.05) is 0 Å². The monoisotopic (exact) mass is 446 g/mol. The first kappa shape index (κ1) is 22.5. The molecule has 2 aromatic rings. The number of hydrogen-bond donors (Lipinski definition) is 2. The number of amides is 2. The van der Waals surface area contributed by atoms with E-state index >= 15 is 0 Å². The van der Waals surface area contributed by atoms with Crippen molar-refractivity contribution in [3.8, 4) is 0 Å². The van der Waals surface area contributed by atoms with Crippen molar-refractivity contribution in [1.82, 2.24) is 5.32 Å². The molecular formula is C21H23ClN4O5. The maximum atomic E-state index is 12.8. The molecule has 0 unspecified atom stereocenters. The second-order valence-corrected chi connectivity index (χ2v) is 7.46. The first-order chi connectivity index (χ1) is 14.9. The van der Waals surface area contributed by atoms with E-state index in [4.69, 9.17) is 16.3 Å². The minimum absolute atomic E-state index is 0.0495. The largest absolute Gasteiger partial charge is 0.383 e. The maximum Gasteiger partial charge on any atom is 0.288 e. The van der Waals surface area contributed by atoms with Gasteiger partial charge in [-0.2, -0.15) is 0 Å². The molecule has 0 bridgehead atoms. The van der Waals surface area contributed by atoms with Gasteiger partial charge in [-0.1, -0.05) is 11.6 Å². The zero-order chi connectivity index (χ0) is 22.4. The van der Waals surface area contributed by atoms with Gasteiger partial charge in [0.2, 0.25) is 0 Å². The number of nitro groups is 1. The molecule has 3 rings (SSSR count). The van der Waals surface area contributed by atoms with Crippen LogP contribution >= 0.6 is 11.6 Å². The number of nitro benzene ring substituents is 1. The summed E-state index contributed by atoms with van der Waals surface area (Å²) in [4.78, 5) is 38.0. The highest BCUT2D eigenvalue weighted by Gasteiger charge is 2.21. The third-order valence-electron chi connectivity index (χ3n) is 4.94. The van der Waals surface area contributed by atoms with Crippen molar-refractivity contribution in [2.24, 2.45) is 0 Å². The second-order valence-electron chi connectivity index (χ2n) is 7.05. The molecule has 1 aliphatic heterocycles. The Morgan fingerprint density at radius 3 is 2.58 bits per heavy atom. The molecule has 0 atom stereocenters. The lowest BCUT2D eigenvalue weighted by atomic mass is 10.1. The van der Waals surface area contributed by atoms with Gasteiger partial charge in [-0.05, 0) is 43.2 Å². The zero-order valence-corrected chi connectivity index (χ0v) is 17.8. The summed E-state index contributed by atoms with van der Waals surface area (Å²) in [5.41, 5.74) is 1.38. The second kappa shape index (κ2) is 10.2. The van der Waals surface area contributed by atoms with Crippen LogP contribution in [0.2, 0.25) is 5.02 Å². The Bertz CT molecular complexity index is 992. The predicted octanol–water partition coefficient (Wildman–Crippen LogP) is 3.48. The molecule has 0 saturated carbocycles. The summed E-state index contributed by atoms with van der Waals surface area (Å²) in [6.45, 7) is 2.47. The van der Waals surface area contributed by atoms with Crippen molar-refractivity contribution in [3.63, 3.8) is 0 Å². The number of rotatable bonds is 8. The number of ether oxygens (including phenoxy) is 1. The normalized spacial score (nSPS) is 13.2. The summed E-state index contributed by atoms with van der Waals surface area (Å²) in [5, 5.41) is 16.5. The van der Waals surface area contributed by atoms with E-state index in [-0.39, 0.29) is 22.2 Å². The number of methoxy groups -OCH3 is 1. The molecule has 164 valence electrons. The van der Waals surface area contributed by atoms with Crippen molar-refractivity contribution in [1.29, 1.82) is 0 Å². The van der Waals surface area contributed by atoms with Crippen LogP contribution in [0.3, 0.4) is 0 Å². The van der Waals surface area contributed by atoms with Crippen molar-refractivity contribution < 1.29 is 19.2 Å². The number of halogens is 1. The highest BCUT2D eigenvalue weighted by Crippen LogP contribution is 2.29. The minimum atomic E-state index is -0.646. The van der Waals surface area contributed by atoms with Gasteiger partial charge in [0, 0.05) is 49.7 Å². The van der Waals surface area contributed by atoms with Crippen LogP contribution in [0.4, 0.5) is 17.1 Å². The molecule has 31 heavy (non-hydrogen) atoms. The van der Waals surface area contributed by atoms with Crippen LogP contribution in [0.15, 0.2) is 36.4 Å². The number of carbonyl (C=O) groups is 2. The van der Waals surface area contributed by atoms with Crippen LogP contribution in [-0.2, 0) is 4.74 Å². The Morgan fingerprint density at radius 2 is 1.90 bits per heavy atom. The van der Waals surface area contributed by atoms with E-state index in [9.17, 15) is 19.7 Å². The molecule has 10 heteroatoms. The summed E-state index contributed by atoms with van der Waals surface area (Å²) in [7, 11) is 1.55. The molecule has 2 N–H and O–H groups in total. The van der Waals surface area contributed by atoms with Crippen LogP contribution in [0, 0.1) is 10.1 Å². The number of nitrogens with one attached hydrogen (secondary N) is 2. The van der Waals surface area contributed by atoms with Gasteiger partial charge in [-0.25, -0.2) is 0 Å². The number of nitrogens with zero attached hydrogens (tertiary/aromatic N) is 2. The molecule has 1 aliphatic rings. The van der Waals surface area contributed by atoms with Gasteiger partial charge in [0.1, 0.15) is 5.02 Å². The molecule has 1 heterocycles. The Hall–Kier alpha value is -3.17. The summed E-state index contributed by atoms with van der Waals surface area (Å²) in [5.74, 6) is -0.809. The highest BCUT2D eigenvalue weighted by molar-refractivity contribution is 6.32. The van der Waals surface area contributed by atoms with Crippen LogP contribution in [0.5, 0.6) is 0 Å². The lowest BCUT2D eigenvalue weighted by molar-refractivity contribution is -0.384. The molecule has 9 nitrogen and oxygen atoms in total. The smallest absolute Gasteiger partial charge is 0.288 e. The van der Waals surface area contributed by atoms with E-state index < -0.39 is 10.8 Å². The molecule has 0 aliphatic carbocycles. The van der Waals surface area contributed by atoms with Crippen molar-refractivity contribution in [2.75, 3.05) is 43.6 Å². The van der Waals surface area contributed by atoms with E-state index in [1.54, 1.807) is 25.3 Å². The third kappa shape index (κ3) is 5.50. The summed E-state index contributed by atoms with van der Waals surface area (Å²) in [6.07, 6.45) is 2.11. The van der Waals surface area contributed by atoms with Crippen molar-refractivity contribution in [2.45, 2.75) is 12.8 Å². The first-order valence-corrected chi connectivity index (χ1v) is 10.2. The van der Waals surface area contributed by atoms with E-state index in [0.717, 1.165) is 37.7 Å². The molecule has 0 aromatic heterocycles. The minimum Gasteiger partial charge on any atom is -0.383 e. The lowest BCUT2D eigenvalue weighted by Crippen LogP contribution is -2.30. The Balaban J connectivity index is 1.85. The van der Waals surface area contributed by atoms with Gasteiger partial charge >= 0.3 is 0 Å². The molecule has 1 saturated heterocycles. The van der Waals surface area contributed by atoms with Gasteiger partial charge in [0.05, 0.1) is 17.1 Å². The fourth-order valence-electron chi connectivity index (χ4n) is 3.39.